The highest BCUT2D eigenvalue weighted by Crippen LogP contribution is 2.27. The van der Waals surface area contributed by atoms with Crippen molar-refractivity contribution in [1.82, 2.24) is 9.80 Å². The average Bonchev–Trinajstić information content (AvgIpc) is 2.91. The summed E-state index contributed by atoms with van der Waals surface area (Å²) in [6.07, 6.45) is 4.59. The second-order valence-electron chi connectivity index (χ2n) is 6.22. The molecule has 1 heterocycles. The van der Waals surface area contributed by atoms with Gasteiger partial charge in [0.05, 0.1) is 10.5 Å². The molecule has 2 fully saturated rings. The SMILES string of the molecule is CC(C)(C(N)=S)N1CCN(C(=O)C2CCCC2)CC1. The van der Waals surface area contributed by atoms with Crippen molar-refractivity contribution in [1.29, 1.82) is 0 Å². The Morgan fingerprint density at radius 1 is 1.16 bits per heavy atom. The van der Waals surface area contributed by atoms with Crippen molar-refractivity contribution in [2.45, 2.75) is 45.1 Å². The fourth-order valence-corrected chi connectivity index (χ4v) is 3.20. The lowest BCUT2D eigenvalue weighted by Crippen LogP contribution is -2.60. The maximum Gasteiger partial charge on any atom is 0.225 e. The lowest BCUT2D eigenvalue weighted by Gasteiger charge is -2.43. The van der Waals surface area contributed by atoms with Crippen LogP contribution in [0.25, 0.3) is 0 Å². The van der Waals surface area contributed by atoms with Crippen LogP contribution in [0.1, 0.15) is 39.5 Å². The smallest absolute Gasteiger partial charge is 0.225 e. The lowest BCUT2D eigenvalue weighted by atomic mass is 10.0. The summed E-state index contributed by atoms with van der Waals surface area (Å²) >= 11 is 5.14. The van der Waals surface area contributed by atoms with Gasteiger partial charge in [-0.2, -0.15) is 0 Å². The molecule has 0 spiro atoms. The van der Waals surface area contributed by atoms with E-state index in [2.05, 4.69) is 18.7 Å². The molecular formula is C14H25N3OS. The average molecular weight is 283 g/mol. The van der Waals surface area contributed by atoms with Crippen LogP contribution in [-0.4, -0.2) is 52.4 Å². The van der Waals surface area contributed by atoms with E-state index in [-0.39, 0.29) is 11.5 Å². The molecule has 4 nitrogen and oxygen atoms in total. The normalized spacial score (nSPS) is 22.7. The van der Waals surface area contributed by atoms with Crippen LogP contribution in [0.4, 0.5) is 0 Å². The van der Waals surface area contributed by atoms with Gasteiger partial charge in [0.2, 0.25) is 5.91 Å². The Balaban J connectivity index is 1.88. The molecule has 2 rings (SSSR count). The molecule has 0 bridgehead atoms. The zero-order chi connectivity index (χ0) is 14.0. The lowest BCUT2D eigenvalue weighted by molar-refractivity contribution is -0.137. The van der Waals surface area contributed by atoms with Crippen LogP contribution in [0.5, 0.6) is 0 Å². The predicted octanol–water partition coefficient (Wildman–Crippen LogP) is 1.39. The zero-order valence-corrected chi connectivity index (χ0v) is 12.8. The number of hydrogen-bond acceptors (Lipinski definition) is 3. The summed E-state index contributed by atoms with van der Waals surface area (Å²) in [6.45, 7) is 7.46. The first-order valence-electron chi connectivity index (χ1n) is 7.26. The summed E-state index contributed by atoms with van der Waals surface area (Å²) in [5.74, 6) is 0.653. The van der Waals surface area contributed by atoms with Crippen LogP contribution in [0.3, 0.4) is 0 Å². The maximum atomic E-state index is 12.3. The number of amides is 1. The van der Waals surface area contributed by atoms with Gasteiger partial charge in [-0.15, -0.1) is 0 Å². The van der Waals surface area contributed by atoms with Gasteiger partial charge in [-0.05, 0) is 26.7 Å². The van der Waals surface area contributed by atoms with E-state index in [1.54, 1.807) is 0 Å². The topological polar surface area (TPSA) is 49.6 Å². The van der Waals surface area contributed by atoms with E-state index in [1.165, 1.54) is 12.8 Å². The first-order chi connectivity index (χ1) is 8.93. The Morgan fingerprint density at radius 2 is 1.68 bits per heavy atom. The Labute approximate surface area is 121 Å². The molecular weight excluding hydrogens is 258 g/mol. The van der Waals surface area contributed by atoms with E-state index in [4.69, 9.17) is 18.0 Å². The molecule has 2 aliphatic rings. The van der Waals surface area contributed by atoms with Gasteiger partial charge in [-0.25, -0.2) is 0 Å². The van der Waals surface area contributed by atoms with Crippen LogP contribution in [0, 0.1) is 5.92 Å². The number of piperazine rings is 1. The molecule has 0 unspecified atom stereocenters. The highest BCUT2D eigenvalue weighted by Gasteiger charge is 2.35. The fraction of sp³-hybridized carbons (Fsp3) is 0.857. The number of rotatable bonds is 3. The molecule has 1 aliphatic carbocycles. The van der Waals surface area contributed by atoms with E-state index in [1.807, 2.05) is 4.90 Å². The number of carbonyl (C=O) groups is 1. The fourth-order valence-electron chi connectivity index (χ4n) is 3.07. The molecule has 2 N–H and O–H groups in total. The van der Waals surface area contributed by atoms with Gasteiger partial charge >= 0.3 is 0 Å². The molecule has 0 aromatic heterocycles. The van der Waals surface area contributed by atoms with Crippen molar-refractivity contribution < 1.29 is 4.79 Å². The van der Waals surface area contributed by atoms with Gasteiger partial charge in [-0.1, -0.05) is 25.1 Å². The zero-order valence-electron chi connectivity index (χ0n) is 12.0. The predicted molar refractivity (Wildman–Crippen MR) is 81.0 cm³/mol. The number of thiocarbonyl (C=S) groups is 1. The summed E-state index contributed by atoms with van der Waals surface area (Å²) in [5, 5.41) is 0. The molecule has 19 heavy (non-hydrogen) atoms. The number of carbonyl (C=O) groups excluding carboxylic acids is 1. The van der Waals surface area contributed by atoms with Crippen molar-refractivity contribution in [3.63, 3.8) is 0 Å². The van der Waals surface area contributed by atoms with Crippen molar-refractivity contribution >= 4 is 23.1 Å². The molecule has 0 atom stereocenters. The molecule has 108 valence electrons. The van der Waals surface area contributed by atoms with Crippen molar-refractivity contribution in [2.75, 3.05) is 26.2 Å². The van der Waals surface area contributed by atoms with Crippen molar-refractivity contribution in [3.05, 3.63) is 0 Å². The maximum absolute atomic E-state index is 12.3. The molecule has 1 saturated carbocycles. The first kappa shape index (κ1) is 14.7. The van der Waals surface area contributed by atoms with Crippen molar-refractivity contribution in [3.8, 4) is 0 Å². The molecule has 1 amide bonds. The minimum absolute atomic E-state index is 0.252. The molecule has 0 radical (unpaired) electrons. The van der Waals surface area contributed by atoms with Gasteiger partial charge < -0.3 is 10.6 Å². The van der Waals surface area contributed by atoms with Crippen molar-refractivity contribution in [2.24, 2.45) is 11.7 Å². The minimum Gasteiger partial charge on any atom is -0.392 e. The van der Waals surface area contributed by atoms with Crippen LogP contribution >= 0.6 is 12.2 Å². The number of hydrogen-bond donors (Lipinski definition) is 1. The monoisotopic (exact) mass is 283 g/mol. The Hall–Kier alpha value is -0.680. The van der Waals surface area contributed by atoms with Gasteiger partial charge in [0.15, 0.2) is 0 Å². The van der Waals surface area contributed by atoms with E-state index in [9.17, 15) is 4.79 Å². The first-order valence-corrected chi connectivity index (χ1v) is 7.67. The number of nitrogens with zero attached hydrogens (tertiary/aromatic N) is 2. The van der Waals surface area contributed by atoms with Crippen LogP contribution in [-0.2, 0) is 4.79 Å². The molecule has 5 heteroatoms. The molecule has 1 aliphatic heterocycles. The van der Waals surface area contributed by atoms with Crippen LogP contribution in [0.2, 0.25) is 0 Å². The van der Waals surface area contributed by atoms with E-state index in [0.29, 0.717) is 10.9 Å². The van der Waals surface area contributed by atoms with E-state index < -0.39 is 0 Å². The Kier molecular flexibility index (Phi) is 4.46. The third-order valence-electron chi connectivity index (χ3n) is 4.69. The Bertz CT molecular complexity index is 356. The van der Waals surface area contributed by atoms with Gasteiger partial charge in [0.1, 0.15) is 0 Å². The number of nitrogens with two attached hydrogens (primary N) is 1. The standard InChI is InChI=1S/C14H25N3OS/c1-14(2,13(15)19)17-9-7-16(8-10-17)12(18)11-5-3-4-6-11/h11H,3-10H2,1-2H3,(H2,15,19). The molecule has 0 aromatic rings. The van der Waals surface area contributed by atoms with Gasteiger partial charge in [0, 0.05) is 32.1 Å². The summed E-state index contributed by atoms with van der Waals surface area (Å²) in [6, 6.07) is 0. The summed E-state index contributed by atoms with van der Waals surface area (Å²) in [7, 11) is 0. The quantitative estimate of drug-likeness (QED) is 0.795. The van der Waals surface area contributed by atoms with E-state index in [0.717, 1.165) is 39.0 Å². The summed E-state index contributed by atoms with van der Waals surface area (Å²) < 4.78 is 0. The highest BCUT2D eigenvalue weighted by atomic mass is 32.1. The summed E-state index contributed by atoms with van der Waals surface area (Å²) in [4.78, 5) is 17.2. The van der Waals surface area contributed by atoms with Crippen LogP contribution in [0.15, 0.2) is 0 Å². The van der Waals surface area contributed by atoms with Gasteiger partial charge in [0.25, 0.3) is 0 Å². The minimum atomic E-state index is -0.252. The second kappa shape index (κ2) is 5.75. The largest absolute Gasteiger partial charge is 0.392 e. The van der Waals surface area contributed by atoms with Gasteiger partial charge in [-0.3, -0.25) is 9.69 Å². The van der Waals surface area contributed by atoms with E-state index >= 15 is 0 Å². The summed E-state index contributed by atoms with van der Waals surface area (Å²) in [5.41, 5.74) is 5.55. The Morgan fingerprint density at radius 3 is 2.16 bits per heavy atom. The molecule has 0 aromatic carbocycles. The highest BCUT2D eigenvalue weighted by molar-refractivity contribution is 7.80. The third kappa shape index (κ3) is 3.08. The third-order valence-corrected chi connectivity index (χ3v) is 5.19. The second-order valence-corrected chi connectivity index (χ2v) is 6.66. The molecule has 1 saturated heterocycles. The van der Waals surface area contributed by atoms with Crippen LogP contribution < -0.4 is 5.73 Å².